The minimum Gasteiger partial charge on any atom is -0.470 e. The second kappa shape index (κ2) is 14.8. The number of hydrogen-bond donors (Lipinski definition) is 2. The van der Waals surface area contributed by atoms with E-state index >= 15 is 0 Å². The summed E-state index contributed by atoms with van der Waals surface area (Å²) >= 11 is 0. The number of aliphatic imine (C=N–C) groups is 1. The Bertz CT molecular complexity index is 1110. The Kier molecular flexibility index (Phi) is 11.4. The molecule has 1 atom stereocenters. The Balaban J connectivity index is 0.00000160. The molecule has 3 rings (SSSR count). The summed E-state index contributed by atoms with van der Waals surface area (Å²) in [5.41, 5.74) is 4.46. The van der Waals surface area contributed by atoms with Crippen molar-refractivity contribution in [1.82, 2.24) is 10.3 Å². The lowest BCUT2D eigenvalue weighted by Gasteiger charge is -2.27. The van der Waals surface area contributed by atoms with Crippen LogP contribution in [0.25, 0.3) is 5.57 Å². The van der Waals surface area contributed by atoms with Gasteiger partial charge in [0.2, 0.25) is 5.88 Å². The molecular formula is C28H35N5O. The highest BCUT2D eigenvalue weighted by molar-refractivity contribution is 6.10. The van der Waals surface area contributed by atoms with Crippen molar-refractivity contribution >= 4 is 17.5 Å². The number of terminal acetylenes is 1. The molecule has 34 heavy (non-hydrogen) atoms. The second-order valence-corrected chi connectivity index (χ2v) is 7.38. The van der Waals surface area contributed by atoms with E-state index in [0.29, 0.717) is 18.0 Å². The number of hydrogen-bond acceptors (Lipinski definition) is 6. The van der Waals surface area contributed by atoms with Gasteiger partial charge in [-0.25, -0.2) is 4.98 Å². The predicted molar refractivity (Wildman–Crippen MR) is 145 cm³/mol. The summed E-state index contributed by atoms with van der Waals surface area (Å²) in [6.07, 6.45) is 17.0. The number of nitriles is 1. The van der Waals surface area contributed by atoms with E-state index in [1.165, 1.54) is 5.56 Å². The highest BCUT2D eigenvalue weighted by Crippen LogP contribution is 2.29. The van der Waals surface area contributed by atoms with Crippen molar-refractivity contribution < 1.29 is 7.59 Å². The van der Waals surface area contributed by atoms with E-state index in [2.05, 4.69) is 39.2 Å². The molecule has 0 saturated carbocycles. The third-order valence-corrected chi connectivity index (χ3v) is 4.86. The van der Waals surface area contributed by atoms with Crippen molar-refractivity contribution in [3.05, 3.63) is 84.1 Å². The van der Waals surface area contributed by atoms with E-state index in [1.807, 2.05) is 49.4 Å². The molecule has 0 fully saturated rings. The van der Waals surface area contributed by atoms with Crippen LogP contribution in [0.4, 0.5) is 5.69 Å². The molecule has 0 saturated heterocycles. The maximum absolute atomic E-state index is 8.84. The molecule has 0 amide bonds. The van der Waals surface area contributed by atoms with Gasteiger partial charge in [0.15, 0.2) is 0 Å². The van der Waals surface area contributed by atoms with Gasteiger partial charge in [0, 0.05) is 40.0 Å². The summed E-state index contributed by atoms with van der Waals surface area (Å²) in [7, 11) is 1.70. The molecule has 6 heteroatoms. The van der Waals surface area contributed by atoms with Crippen molar-refractivity contribution in [1.29, 1.82) is 5.26 Å². The quantitative estimate of drug-likeness (QED) is 0.255. The number of pyridine rings is 1. The molecule has 1 aliphatic heterocycles. The van der Waals surface area contributed by atoms with Crippen molar-refractivity contribution in [3.8, 4) is 24.3 Å². The number of aromatic nitrogens is 1. The summed E-state index contributed by atoms with van der Waals surface area (Å²) in [6, 6.07) is 11.8. The summed E-state index contributed by atoms with van der Waals surface area (Å²) in [5.74, 6) is 3.12. The molecule has 2 N–H and O–H groups in total. The van der Waals surface area contributed by atoms with Crippen LogP contribution in [0.2, 0.25) is 0 Å². The zero-order valence-electron chi connectivity index (χ0n) is 19.8. The lowest BCUT2D eigenvalue weighted by Crippen LogP contribution is -2.40. The molecule has 0 radical (unpaired) electrons. The lowest BCUT2D eigenvalue weighted by molar-refractivity contribution is 0.194. The smallest absolute Gasteiger partial charge is 0.237 e. The average Bonchev–Trinajstić information content (AvgIpc) is 2.87. The maximum Gasteiger partial charge on any atom is 0.237 e. The summed E-state index contributed by atoms with van der Waals surface area (Å²) < 4.78 is 6.00. The van der Waals surface area contributed by atoms with Crippen LogP contribution in [0, 0.1) is 23.7 Å². The number of ether oxygens (including phenoxy) is 1. The van der Waals surface area contributed by atoms with Crippen LogP contribution >= 0.6 is 0 Å². The van der Waals surface area contributed by atoms with E-state index in [-0.39, 0.29) is 8.96 Å². The first kappa shape index (κ1) is 26.1. The number of allylic oxidation sites excluding steroid dienone is 5. The topological polar surface area (TPSA) is 82.3 Å². The summed E-state index contributed by atoms with van der Waals surface area (Å²) in [5, 5.41) is 15.6. The van der Waals surface area contributed by atoms with Crippen LogP contribution < -0.4 is 15.4 Å². The zero-order chi connectivity index (χ0) is 24.6. The Morgan fingerprint density at radius 3 is 2.85 bits per heavy atom. The van der Waals surface area contributed by atoms with Crippen molar-refractivity contribution in [3.63, 3.8) is 0 Å². The van der Waals surface area contributed by atoms with Gasteiger partial charge in [-0.1, -0.05) is 42.9 Å². The van der Waals surface area contributed by atoms with Gasteiger partial charge in [0.05, 0.1) is 23.9 Å². The number of fused-ring (bicyclic) bond motifs is 1. The van der Waals surface area contributed by atoms with Crippen molar-refractivity contribution in [2.75, 3.05) is 32.0 Å². The van der Waals surface area contributed by atoms with Crippen LogP contribution in [0.1, 0.15) is 26.5 Å². The first-order chi connectivity index (χ1) is 16.6. The molecule has 1 aliphatic rings. The van der Waals surface area contributed by atoms with Gasteiger partial charge in [-0.3, -0.25) is 4.99 Å². The molecule has 2 heterocycles. The molecule has 6 nitrogen and oxygen atoms in total. The SMILES string of the molecule is C#C/C=C(\C=NC)c1cnc2c(c1)NC[C@@H](CNCCc1ccc(C#N)cc1)O2.C=C/C=C\C.[HH].[HH]. The van der Waals surface area contributed by atoms with Crippen LogP contribution in [0.15, 0.2) is 72.4 Å². The van der Waals surface area contributed by atoms with E-state index in [4.69, 9.17) is 16.4 Å². The van der Waals surface area contributed by atoms with Crippen LogP contribution in [0.3, 0.4) is 0 Å². The largest absolute Gasteiger partial charge is 0.470 e. The van der Waals surface area contributed by atoms with E-state index in [0.717, 1.165) is 36.3 Å². The third-order valence-electron chi connectivity index (χ3n) is 4.86. The van der Waals surface area contributed by atoms with E-state index < -0.39 is 0 Å². The van der Waals surface area contributed by atoms with E-state index in [9.17, 15) is 0 Å². The maximum atomic E-state index is 8.84. The number of benzene rings is 1. The number of anilines is 1. The first-order valence-corrected chi connectivity index (χ1v) is 11.1. The molecule has 2 aromatic rings. The molecule has 1 aromatic carbocycles. The number of rotatable bonds is 8. The molecular weight excluding hydrogens is 422 g/mol. The Labute approximate surface area is 205 Å². The number of nitrogens with one attached hydrogen (secondary N) is 2. The second-order valence-electron chi connectivity index (χ2n) is 7.38. The van der Waals surface area contributed by atoms with Crippen molar-refractivity contribution in [2.24, 2.45) is 4.99 Å². The van der Waals surface area contributed by atoms with Crippen molar-refractivity contribution in [2.45, 2.75) is 19.4 Å². The highest BCUT2D eigenvalue weighted by Gasteiger charge is 2.20. The van der Waals surface area contributed by atoms with Gasteiger partial charge >= 0.3 is 0 Å². The van der Waals surface area contributed by atoms with Gasteiger partial charge in [-0.15, -0.1) is 6.42 Å². The molecule has 0 aliphatic carbocycles. The predicted octanol–water partition coefficient (Wildman–Crippen LogP) is 4.92. The normalized spacial score (nSPS) is 14.7. The Morgan fingerprint density at radius 2 is 2.24 bits per heavy atom. The summed E-state index contributed by atoms with van der Waals surface area (Å²) in [6.45, 7) is 7.67. The van der Waals surface area contributed by atoms with Gasteiger partial charge in [-0.05, 0) is 49.7 Å². The van der Waals surface area contributed by atoms with E-state index in [1.54, 1.807) is 31.6 Å². The van der Waals surface area contributed by atoms with Crippen LogP contribution in [0.5, 0.6) is 5.88 Å². The summed E-state index contributed by atoms with van der Waals surface area (Å²) in [4.78, 5) is 8.47. The molecule has 0 spiro atoms. The zero-order valence-corrected chi connectivity index (χ0v) is 19.8. The third kappa shape index (κ3) is 8.43. The fourth-order valence-corrected chi connectivity index (χ4v) is 3.17. The highest BCUT2D eigenvalue weighted by atomic mass is 16.5. The Morgan fingerprint density at radius 1 is 1.44 bits per heavy atom. The first-order valence-electron chi connectivity index (χ1n) is 11.1. The molecule has 1 aromatic heterocycles. The fourth-order valence-electron chi connectivity index (χ4n) is 3.17. The van der Waals surface area contributed by atoms with Gasteiger partial charge in [-0.2, -0.15) is 5.26 Å². The van der Waals surface area contributed by atoms with Gasteiger partial charge in [0.25, 0.3) is 0 Å². The monoisotopic (exact) mass is 457 g/mol. The fraction of sp³-hybridized carbons (Fsp3) is 0.250. The standard InChI is InChI=1S/C23H23N5O.C5H8.2H2/c1-3-4-19(13-25-2)20-11-22-23(28-14-20)29-21(16-27-22)15-26-10-9-17-5-7-18(12-24)8-6-17;1-3-5-4-2;;/h1,4-8,11,13-14,21,26-27H,9-10,15-16H2,2H3;3-5H,1H2,2H3;2*1H/b19-4+,25-13?;5-4-;;/t21-;;;/m1.../s1. The molecule has 178 valence electrons. The van der Waals surface area contributed by atoms with Gasteiger partial charge in [0.1, 0.15) is 6.10 Å². The van der Waals surface area contributed by atoms with Gasteiger partial charge < -0.3 is 15.4 Å². The van der Waals surface area contributed by atoms with Crippen LogP contribution in [-0.4, -0.2) is 44.0 Å². The minimum absolute atomic E-state index is 0. The Hall–Kier alpha value is -4.13. The lowest BCUT2D eigenvalue weighted by atomic mass is 10.1. The minimum atomic E-state index is -0.000241. The number of nitrogens with zero attached hydrogens (tertiary/aromatic N) is 3. The average molecular weight is 458 g/mol. The van der Waals surface area contributed by atoms with Crippen LogP contribution in [-0.2, 0) is 6.42 Å². The molecule has 0 unspecified atom stereocenters. The molecule has 0 bridgehead atoms.